The van der Waals surface area contributed by atoms with Crippen LogP contribution in [0.4, 0.5) is 17.6 Å². The second-order valence-electron chi connectivity index (χ2n) is 8.07. The number of amides is 1. The van der Waals surface area contributed by atoms with E-state index in [0.717, 1.165) is 12.8 Å². The summed E-state index contributed by atoms with van der Waals surface area (Å²) in [6, 6.07) is 5.12. The second-order valence-corrected chi connectivity index (χ2v) is 8.88. The average Bonchev–Trinajstić information content (AvgIpc) is 3.13. The molecule has 0 bridgehead atoms. The van der Waals surface area contributed by atoms with Crippen LogP contribution in [0.2, 0.25) is 10.0 Å². The van der Waals surface area contributed by atoms with E-state index < -0.39 is 0 Å². The van der Waals surface area contributed by atoms with E-state index in [4.69, 9.17) is 33.9 Å². The molecule has 0 saturated heterocycles. The number of primary amides is 1. The maximum atomic E-state index is 11.6. The highest BCUT2D eigenvalue weighted by Crippen LogP contribution is 2.39. The number of fused-ring (bicyclic) bond motifs is 1. The largest absolute Gasteiger partial charge is 0.394 e. The van der Waals surface area contributed by atoms with Gasteiger partial charge in [0, 0.05) is 18.0 Å². The van der Waals surface area contributed by atoms with E-state index in [1.165, 1.54) is 0 Å². The van der Waals surface area contributed by atoms with Gasteiger partial charge in [0.1, 0.15) is 5.52 Å². The first kappa shape index (κ1) is 22.6. The van der Waals surface area contributed by atoms with Crippen LogP contribution in [0.1, 0.15) is 38.6 Å². The fourth-order valence-corrected chi connectivity index (χ4v) is 4.50. The number of aliphatic hydroxyl groups is 1. The van der Waals surface area contributed by atoms with Crippen molar-refractivity contribution in [2.24, 2.45) is 11.7 Å². The zero-order valence-electron chi connectivity index (χ0n) is 17.6. The number of aromatic nitrogens is 4. The molecule has 1 aromatic carbocycles. The van der Waals surface area contributed by atoms with Gasteiger partial charge >= 0.3 is 0 Å². The molecule has 1 saturated carbocycles. The fraction of sp³-hybridized carbons (Fsp3) is 0.429. The molecule has 1 atom stereocenters. The summed E-state index contributed by atoms with van der Waals surface area (Å²) in [6.45, 7) is 1.79. The fourth-order valence-electron chi connectivity index (χ4n) is 4.01. The molecule has 1 amide bonds. The van der Waals surface area contributed by atoms with Gasteiger partial charge in [-0.1, -0.05) is 29.3 Å². The standard InChI is InChI=1S/C21H25Cl2N7O2/c1-11(10-31)26-20-25-9-16-19(29-20)30(13-7-5-12(6-8-13)18(24)32)21(27-16)28-17-14(22)3-2-4-15(17)23/h2-4,9,11-13,31H,5-8,10H2,1H3,(H2,24,32)(H,27,28)(H,25,26,29)/t11-,12-,13-/m0/s1. The molecule has 4 rings (SSSR count). The first-order valence-corrected chi connectivity index (χ1v) is 11.3. The highest BCUT2D eigenvalue weighted by Gasteiger charge is 2.29. The van der Waals surface area contributed by atoms with Gasteiger partial charge in [0.05, 0.1) is 28.5 Å². The van der Waals surface area contributed by atoms with E-state index in [0.29, 0.717) is 51.6 Å². The Hall–Kier alpha value is -2.62. The Morgan fingerprint density at radius 3 is 2.56 bits per heavy atom. The quantitative estimate of drug-likeness (QED) is 0.405. The second kappa shape index (κ2) is 9.48. The van der Waals surface area contributed by atoms with Crippen LogP contribution in [0.25, 0.3) is 11.2 Å². The van der Waals surface area contributed by atoms with E-state index in [2.05, 4.69) is 20.6 Å². The molecule has 32 heavy (non-hydrogen) atoms. The summed E-state index contributed by atoms with van der Waals surface area (Å²) in [5.74, 6) is 0.562. The molecular weight excluding hydrogens is 453 g/mol. The van der Waals surface area contributed by atoms with Crippen molar-refractivity contribution in [3.8, 4) is 0 Å². The number of nitrogens with two attached hydrogens (primary N) is 1. The molecule has 1 aliphatic rings. The first-order valence-electron chi connectivity index (χ1n) is 10.5. The third-order valence-corrected chi connectivity index (χ3v) is 6.38. The summed E-state index contributed by atoms with van der Waals surface area (Å²) in [5.41, 5.74) is 7.32. The van der Waals surface area contributed by atoms with Gasteiger partial charge in [0.15, 0.2) is 5.65 Å². The van der Waals surface area contributed by atoms with Crippen molar-refractivity contribution in [2.45, 2.75) is 44.7 Å². The highest BCUT2D eigenvalue weighted by atomic mass is 35.5. The van der Waals surface area contributed by atoms with E-state index in [9.17, 15) is 9.90 Å². The Bertz CT molecular complexity index is 1110. The Kier molecular flexibility index (Phi) is 6.68. The summed E-state index contributed by atoms with van der Waals surface area (Å²) in [4.78, 5) is 25.3. The monoisotopic (exact) mass is 477 g/mol. The number of halogens is 2. The van der Waals surface area contributed by atoms with Gasteiger partial charge in [0.2, 0.25) is 17.8 Å². The number of imidazole rings is 1. The van der Waals surface area contributed by atoms with Crippen LogP contribution in [0, 0.1) is 5.92 Å². The Morgan fingerprint density at radius 1 is 1.25 bits per heavy atom. The van der Waals surface area contributed by atoms with Crippen LogP contribution >= 0.6 is 23.2 Å². The molecule has 1 aliphatic carbocycles. The van der Waals surface area contributed by atoms with Crippen LogP contribution in [0.15, 0.2) is 24.4 Å². The van der Waals surface area contributed by atoms with Crippen LogP contribution in [0.5, 0.6) is 0 Å². The third-order valence-electron chi connectivity index (χ3n) is 5.75. The van der Waals surface area contributed by atoms with Gasteiger partial charge in [-0.3, -0.25) is 9.36 Å². The number of hydrogen-bond donors (Lipinski definition) is 4. The molecule has 0 spiro atoms. The number of aliphatic hydroxyl groups excluding tert-OH is 1. The maximum Gasteiger partial charge on any atom is 0.225 e. The molecule has 2 aromatic heterocycles. The van der Waals surface area contributed by atoms with Crippen molar-refractivity contribution in [3.63, 3.8) is 0 Å². The van der Waals surface area contributed by atoms with E-state index in [-0.39, 0.29) is 30.5 Å². The van der Waals surface area contributed by atoms with Crippen LogP contribution in [0.3, 0.4) is 0 Å². The van der Waals surface area contributed by atoms with Crippen LogP contribution in [-0.2, 0) is 4.79 Å². The zero-order valence-corrected chi connectivity index (χ0v) is 19.1. The summed E-state index contributed by atoms with van der Waals surface area (Å²) in [6.07, 6.45) is 4.54. The number of rotatable bonds is 7. The maximum absolute atomic E-state index is 11.6. The van der Waals surface area contributed by atoms with E-state index >= 15 is 0 Å². The lowest BCUT2D eigenvalue weighted by molar-refractivity contribution is -0.122. The van der Waals surface area contributed by atoms with Gasteiger partial charge < -0.3 is 21.5 Å². The molecule has 0 radical (unpaired) electrons. The van der Waals surface area contributed by atoms with Crippen molar-refractivity contribution < 1.29 is 9.90 Å². The van der Waals surface area contributed by atoms with Gasteiger partial charge in [-0.2, -0.15) is 4.98 Å². The minimum Gasteiger partial charge on any atom is -0.394 e. The number of carbonyl (C=O) groups is 1. The molecule has 170 valence electrons. The molecule has 2 heterocycles. The lowest BCUT2D eigenvalue weighted by Gasteiger charge is -2.29. The number of anilines is 3. The number of para-hydroxylation sites is 1. The Balaban J connectivity index is 1.76. The molecule has 0 aliphatic heterocycles. The number of nitrogens with zero attached hydrogens (tertiary/aromatic N) is 4. The molecule has 11 heteroatoms. The molecular formula is C21H25Cl2N7O2. The summed E-state index contributed by atoms with van der Waals surface area (Å²) in [5, 5.41) is 16.6. The molecule has 3 aromatic rings. The smallest absolute Gasteiger partial charge is 0.225 e. The van der Waals surface area contributed by atoms with Crippen molar-refractivity contribution in [3.05, 3.63) is 34.4 Å². The predicted molar refractivity (Wildman–Crippen MR) is 125 cm³/mol. The summed E-state index contributed by atoms with van der Waals surface area (Å²) in [7, 11) is 0. The van der Waals surface area contributed by atoms with Crippen LogP contribution < -0.4 is 16.4 Å². The lowest BCUT2D eigenvalue weighted by atomic mass is 9.85. The normalized spacial score (nSPS) is 19.6. The van der Waals surface area contributed by atoms with Crippen molar-refractivity contribution in [2.75, 3.05) is 17.2 Å². The zero-order chi connectivity index (χ0) is 22.8. The van der Waals surface area contributed by atoms with Gasteiger partial charge in [-0.05, 0) is 44.7 Å². The molecule has 9 nitrogen and oxygen atoms in total. The molecule has 0 unspecified atom stereocenters. The number of benzene rings is 1. The van der Waals surface area contributed by atoms with E-state index in [1.54, 1.807) is 24.4 Å². The van der Waals surface area contributed by atoms with Crippen molar-refractivity contribution in [1.82, 2.24) is 19.5 Å². The highest BCUT2D eigenvalue weighted by molar-refractivity contribution is 6.39. The number of hydrogen-bond acceptors (Lipinski definition) is 7. The number of nitrogens with one attached hydrogen (secondary N) is 2. The minimum absolute atomic E-state index is 0.0460. The topological polar surface area (TPSA) is 131 Å². The molecule has 1 fully saturated rings. The predicted octanol–water partition coefficient (Wildman–Crippen LogP) is 3.89. The average molecular weight is 478 g/mol. The summed E-state index contributed by atoms with van der Waals surface area (Å²) >= 11 is 12.7. The van der Waals surface area contributed by atoms with Crippen LogP contribution in [-0.4, -0.2) is 43.2 Å². The molecule has 5 N–H and O–H groups in total. The van der Waals surface area contributed by atoms with E-state index in [1.807, 2.05) is 11.5 Å². The number of carbonyl (C=O) groups excluding carboxylic acids is 1. The Morgan fingerprint density at radius 2 is 1.94 bits per heavy atom. The summed E-state index contributed by atoms with van der Waals surface area (Å²) < 4.78 is 2.02. The van der Waals surface area contributed by atoms with Gasteiger partial charge in [-0.15, -0.1) is 0 Å². The SMILES string of the molecule is C[C@@H](CO)Nc1ncc2nc(Nc3c(Cl)cccc3Cl)n([C@H]3CC[C@H](C(N)=O)CC3)c2n1. The van der Waals surface area contributed by atoms with Crippen molar-refractivity contribution >= 4 is 57.9 Å². The lowest BCUT2D eigenvalue weighted by Crippen LogP contribution is -2.29. The third kappa shape index (κ3) is 4.60. The minimum atomic E-state index is -0.257. The van der Waals surface area contributed by atoms with Gasteiger partial charge in [-0.25, -0.2) is 9.97 Å². The van der Waals surface area contributed by atoms with Gasteiger partial charge in [0.25, 0.3) is 0 Å². The Labute approximate surface area is 195 Å². The first-order chi connectivity index (χ1) is 15.4. The van der Waals surface area contributed by atoms with Crippen molar-refractivity contribution in [1.29, 1.82) is 0 Å².